The van der Waals surface area contributed by atoms with Gasteiger partial charge >= 0.3 is 5.97 Å². The molecular formula is C15H12FNO4. The fourth-order valence-electron chi connectivity index (χ4n) is 1.70. The molecule has 0 fully saturated rings. The highest BCUT2D eigenvalue weighted by atomic mass is 19.1. The summed E-state index contributed by atoms with van der Waals surface area (Å²) < 4.78 is 13.6. The fourth-order valence-corrected chi connectivity index (χ4v) is 1.70. The van der Waals surface area contributed by atoms with E-state index in [9.17, 15) is 19.1 Å². The third-order valence-corrected chi connectivity index (χ3v) is 2.93. The van der Waals surface area contributed by atoms with Crippen molar-refractivity contribution in [3.8, 4) is 5.75 Å². The molecule has 5 nitrogen and oxygen atoms in total. The highest BCUT2D eigenvalue weighted by Gasteiger charge is 2.13. The molecule has 3 N–H and O–H groups in total. The fraction of sp³-hybridized carbons (Fsp3) is 0.0667. The lowest BCUT2D eigenvalue weighted by Crippen LogP contribution is -2.13. The maximum atomic E-state index is 13.6. The lowest BCUT2D eigenvalue weighted by molar-refractivity contribution is 0.0696. The molecule has 1 amide bonds. The van der Waals surface area contributed by atoms with Crippen molar-refractivity contribution in [3.05, 3.63) is 58.9 Å². The van der Waals surface area contributed by atoms with Gasteiger partial charge in [-0.25, -0.2) is 9.18 Å². The third kappa shape index (κ3) is 3.17. The maximum absolute atomic E-state index is 13.6. The van der Waals surface area contributed by atoms with E-state index in [4.69, 9.17) is 5.11 Å². The molecule has 6 heteroatoms. The Kier molecular flexibility index (Phi) is 3.89. The first-order chi connectivity index (χ1) is 9.88. The zero-order valence-corrected chi connectivity index (χ0v) is 11.1. The molecule has 108 valence electrons. The average molecular weight is 289 g/mol. The predicted octanol–water partition coefficient (Wildman–Crippen LogP) is 2.79. The molecule has 2 aromatic carbocycles. The molecule has 2 rings (SSSR count). The molecule has 0 unspecified atom stereocenters. The van der Waals surface area contributed by atoms with Crippen molar-refractivity contribution in [1.82, 2.24) is 0 Å². The number of carboxylic acid groups (broad SMARTS) is 1. The summed E-state index contributed by atoms with van der Waals surface area (Å²) in [6.45, 7) is 1.67. The predicted molar refractivity (Wildman–Crippen MR) is 74.2 cm³/mol. The van der Waals surface area contributed by atoms with Crippen molar-refractivity contribution in [2.24, 2.45) is 0 Å². The van der Waals surface area contributed by atoms with E-state index < -0.39 is 17.7 Å². The van der Waals surface area contributed by atoms with Crippen LogP contribution in [0.15, 0.2) is 36.4 Å². The molecule has 0 saturated carbocycles. The number of phenols is 1. The highest BCUT2D eigenvalue weighted by Crippen LogP contribution is 2.20. The van der Waals surface area contributed by atoms with Crippen LogP contribution in [0.4, 0.5) is 10.1 Å². The van der Waals surface area contributed by atoms with Crippen molar-refractivity contribution < 1.29 is 24.2 Å². The van der Waals surface area contributed by atoms with Gasteiger partial charge in [-0.1, -0.05) is 6.07 Å². The Hall–Kier alpha value is -2.89. The number of aromatic hydroxyl groups is 1. The molecule has 0 atom stereocenters. The normalized spacial score (nSPS) is 10.2. The van der Waals surface area contributed by atoms with Crippen LogP contribution in [-0.4, -0.2) is 22.1 Å². The first-order valence-electron chi connectivity index (χ1n) is 6.02. The molecule has 21 heavy (non-hydrogen) atoms. The summed E-state index contributed by atoms with van der Waals surface area (Å²) in [6, 6.07) is 7.38. The Morgan fingerprint density at radius 2 is 1.76 bits per heavy atom. The maximum Gasteiger partial charge on any atom is 0.335 e. The number of carbonyl (C=O) groups is 2. The molecule has 0 saturated heterocycles. The second-order valence-electron chi connectivity index (χ2n) is 4.46. The van der Waals surface area contributed by atoms with E-state index in [-0.39, 0.29) is 22.6 Å². The van der Waals surface area contributed by atoms with Gasteiger partial charge in [-0.3, -0.25) is 4.79 Å². The van der Waals surface area contributed by atoms with Gasteiger partial charge in [0.1, 0.15) is 11.6 Å². The number of halogens is 1. The molecule has 0 aromatic heterocycles. The SMILES string of the molecule is Cc1ccc(C(=O)Nc2cc(C(=O)O)ccc2F)cc1O. The van der Waals surface area contributed by atoms with E-state index in [1.807, 2.05) is 0 Å². The van der Waals surface area contributed by atoms with Gasteiger partial charge < -0.3 is 15.5 Å². The summed E-state index contributed by atoms with van der Waals surface area (Å²) in [5.41, 5.74) is 0.363. The number of nitrogens with one attached hydrogen (secondary N) is 1. The summed E-state index contributed by atoms with van der Waals surface area (Å²) in [7, 11) is 0. The van der Waals surface area contributed by atoms with Crippen molar-refractivity contribution in [2.75, 3.05) is 5.32 Å². The van der Waals surface area contributed by atoms with Crippen LogP contribution in [0, 0.1) is 12.7 Å². The van der Waals surface area contributed by atoms with Crippen LogP contribution in [0.5, 0.6) is 5.75 Å². The lowest BCUT2D eigenvalue weighted by atomic mass is 10.1. The first-order valence-corrected chi connectivity index (χ1v) is 6.02. The zero-order chi connectivity index (χ0) is 15.6. The topological polar surface area (TPSA) is 86.6 Å². The quantitative estimate of drug-likeness (QED) is 0.811. The molecule has 0 heterocycles. The summed E-state index contributed by atoms with van der Waals surface area (Å²) in [5.74, 6) is -2.67. The summed E-state index contributed by atoms with van der Waals surface area (Å²) >= 11 is 0. The van der Waals surface area contributed by atoms with Crippen LogP contribution in [0.25, 0.3) is 0 Å². The smallest absolute Gasteiger partial charge is 0.335 e. The highest BCUT2D eigenvalue weighted by molar-refractivity contribution is 6.05. The van der Waals surface area contributed by atoms with E-state index in [1.54, 1.807) is 13.0 Å². The van der Waals surface area contributed by atoms with Crippen LogP contribution in [0.2, 0.25) is 0 Å². The van der Waals surface area contributed by atoms with Crippen LogP contribution in [0.3, 0.4) is 0 Å². The monoisotopic (exact) mass is 289 g/mol. The van der Waals surface area contributed by atoms with Crippen LogP contribution in [0.1, 0.15) is 26.3 Å². The minimum atomic E-state index is -1.22. The molecule has 0 spiro atoms. The van der Waals surface area contributed by atoms with E-state index in [0.717, 1.165) is 18.2 Å². The number of carboxylic acids is 1. The van der Waals surface area contributed by atoms with Crippen LogP contribution in [-0.2, 0) is 0 Å². The van der Waals surface area contributed by atoms with Crippen molar-refractivity contribution in [3.63, 3.8) is 0 Å². The third-order valence-electron chi connectivity index (χ3n) is 2.93. The van der Waals surface area contributed by atoms with E-state index in [0.29, 0.717) is 5.56 Å². The van der Waals surface area contributed by atoms with Crippen LogP contribution < -0.4 is 5.32 Å². The molecule has 2 aromatic rings. The van der Waals surface area contributed by atoms with Crippen molar-refractivity contribution in [1.29, 1.82) is 0 Å². The number of benzene rings is 2. The zero-order valence-electron chi connectivity index (χ0n) is 11.1. The Balaban J connectivity index is 2.28. The number of aromatic carboxylic acids is 1. The van der Waals surface area contributed by atoms with Crippen LogP contribution >= 0.6 is 0 Å². The Bertz CT molecular complexity index is 728. The van der Waals surface area contributed by atoms with Gasteiger partial charge in [-0.15, -0.1) is 0 Å². The average Bonchev–Trinajstić information content (AvgIpc) is 2.43. The van der Waals surface area contributed by atoms with E-state index in [1.165, 1.54) is 12.1 Å². The molecule has 0 aliphatic rings. The van der Waals surface area contributed by atoms with Gasteiger partial charge in [-0.2, -0.15) is 0 Å². The Morgan fingerprint density at radius 3 is 2.38 bits per heavy atom. The van der Waals surface area contributed by atoms with Gasteiger partial charge in [-0.05, 0) is 42.8 Å². The number of phenolic OH excluding ortho intramolecular Hbond substituents is 1. The summed E-state index contributed by atoms with van der Waals surface area (Å²) in [6.07, 6.45) is 0. The van der Waals surface area contributed by atoms with Gasteiger partial charge in [0.15, 0.2) is 0 Å². The molecular weight excluding hydrogens is 277 g/mol. The van der Waals surface area contributed by atoms with Gasteiger partial charge in [0.2, 0.25) is 0 Å². The standard InChI is InChI=1S/C15H12FNO4/c1-8-2-3-9(7-13(8)18)14(19)17-12-6-10(15(20)21)4-5-11(12)16/h2-7,18H,1H3,(H,17,19)(H,20,21). The second kappa shape index (κ2) is 5.62. The minimum Gasteiger partial charge on any atom is -0.508 e. The summed E-state index contributed by atoms with van der Waals surface area (Å²) in [4.78, 5) is 22.8. The number of anilines is 1. The second-order valence-corrected chi connectivity index (χ2v) is 4.46. The van der Waals surface area contributed by atoms with Gasteiger partial charge in [0.25, 0.3) is 5.91 Å². The number of hydrogen-bond acceptors (Lipinski definition) is 3. The van der Waals surface area contributed by atoms with Crippen molar-refractivity contribution >= 4 is 17.6 Å². The number of rotatable bonds is 3. The van der Waals surface area contributed by atoms with Gasteiger partial charge in [0, 0.05) is 5.56 Å². The largest absolute Gasteiger partial charge is 0.508 e. The number of aryl methyl sites for hydroxylation is 1. The van der Waals surface area contributed by atoms with E-state index >= 15 is 0 Å². The number of carbonyl (C=O) groups excluding carboxylic acids is 1. The minimum absolute atomic E-state index is 0.0533. The molecule has 0 aliphatic heterocycles. The number of amides is 1. The molecule has 0 radical (unpaired) electrons. The van der Waals surface area contributed by atoms with Gasteiger partial charge in [0.05, 0.1) is 11.3 Å². The molecule has 0 aliphatic carbocycles. The van der Waals surface area contributed by atoms with Crippen molar-refractivity contribution in [2.45, 2.75) is 6.92 Å². The lowest BCUT2D eigenvalue weighted by Gasteiger charge is -2.08. The first kappa shape index (κ1) is 14.5. The Morgan fingerprint density at radius 1 is 1.10 bits per heavy atom. The Labute approximate surface area is 119 Å². The summed E-state index contributed by atoms with van der Waals surface area (Å²) in [5, 5.41) is 20.7. The molecule has 0 bridgehead atoms. The van der Waals surface area contributed by atoms with E-state index in [2.05, 4.69) is 5.32 Å². The number of hydrogen-bond donors (Lipinski definition) is 3.